The number of hydrogen-bond acceptors (Lipinski definition) is 3. The summed E-state index contributed by atoms with van der Waals surface area (Å²) in [6, 6.07) is 10.5. The summed E-state index contributed by atoms with van der Waals surface area (Å²) in [6.07, 6.45) is 0. The van der Waals surface area contributed by atoms with Crippen molar-refractivity contribution in [3.8, 4) is 0 Å². The Morgan fingerprint density at radius 1 is 1.10 bits per heavy atom. The molecule has 0 unspecified atom stereocenters. The van der Waals surface area contributed by atoms with Crippen molar-refractivity contribution in [2.75, 3.05) is 5.73 Å². The second-order valence-electron chi connectivity index (χ2n) is 4.52. The number of anilines is 1. The molecule has 6 heteroatoms. The smallest absolute Gasteiger partial charge is 0.158 e. The Balaban J connectivity index is 2.21. The van der Waals surface area contributed by atoms with Gasteiger partial charge in [0.1, 0.15) is 5.82 Å². The summed E-state index contributed by atoms with van der Waals surface area (Å²) in [5.41, 5.74) is 6.56. The lowest BCUT2D eigenvalue weighted by Crippen LogP contribution is -2.08. The van der Waals surface area contributed by atoms with E-state index in [1.165, 1.54) is 12.1 Å². The number of nitrogen functional groups attached to an aromatic ring is 1. The van der Waals surface area contributed by atoms with Gasteiger partial charge in [0.15, 0.2) is 9.84 Å². The summed E-state index contributed by atoms with van der Waals surface area (Å²) in [4.78, 5) is 0. The zero-order chi connectivity index (χ0) is 14.8. The van der Waals surface area contributed by atoms with Gasteiger partial charge in [-0.3, -0.25) is 0 Å². The fraction of sp³-hybridized carbons (Fsp3) is 0.143. The Kier molecular flexibility index (Phi) is 4.30. The van der Waals surface area contributed by atoms with Crippen molar-refractivity contribution in [1.29, 1.82) is 0 Å². The number of sulfone groups is 1. The molecule has 0 amide bonds. The van der Waals surface area contributed by atoms with Crippen LogP contribution in [0.3, 0.4) is 0 Å². The van der Waals surface area contributed by atoms with Crippen molar-refractivity contribution in [3.05, 3.63) is 64.4 Å². The van der Waals surface area contributed by atoms with Crippen LogP contribution < -0.4 is 5.73 Å². The quantitative estimate of drug-likeness (QED) is 0.882. The van der Waals surface area contributed by atoms with E-state index in [1.807, 2.05) is 0 Å². The molecule has 0 atom stereocenters. The largest absolute Gasteiger partial charge is 0.399 e. The van der Waals surface area contributed by atoms with Gasteiger partial charge < -0.3 is 5.73 Å². The average molecular weight is 314 g/mol. The number of nitrogens with two attached hydrogens (primary N) is 1. The summed E-state index contributed by atoms with van der Waals surface area (Å²) >= 11 is 5.94. The maximum absolute atomic E-state index is 13.2. The zero-order valence-corrected chi connectivity index (χ0v) is 12.1. The molecule has 0 heterocycles. The van der Waals surface area contributed by atoms with Crippen LogP contribution in [0.25, 0.3) is 0 Å². The monoisotopic (exact) mass is 313 g/mol. The Hall–Kier alpha value is -1.59. The third-order valence-corrected chi connectivity index (χ3v) is 4.59. The SMILES string of the molecule is Nc1cc(F)cc(CS(=O)(=O)Cc2ccccc2Cl)c1. The number of halogens is 2. The van der Waals surface area contributed by atoms with Gasteiger partial charge in [0.2, 0.25) is 0 Å². The molecule has 2 rings (SSSR count). The van der Waals surface area contributed by atoms with Crippen molar-refractivity contribution in [1.82, 2.24) is 0 Å². The second kappa shape index (κ2) is 5.81. The van der Waals surface area contributed by atoms with Crippen molar-refractivity contribution < 1.29 is 12.8 Å². The van der Waals surface area contributed by atoms with Crippen molar-refractivity contribution in [3.63, 3.8) is 0 Å². The summed E-state index contributed by atoms with van der Waals surface area (Å²) in [6.45, 7) is 0. The van der Waals surface area contributed by atoms with E-state index in [0.717, 1.165) is 6.07 Å². The van der Waals surface area contributed by atoms with Crippen molar-refractivity contribution >= 4 is 27.1 Å². The molecule has 0 fully saturated rings. The van der Waals surface area contributed by atoms with Gasteiger partial charge in [-0.25, -0.2) is 12.8 Å². The molecule has 0 bridgehead atoms. The predicted octanol–water partition coefficient (Wildman–Crippen LogP) is 3.18. The molecule has 0 aliphatic carbocycles. The van der Waals surface area contributed by atoms with Gasteiger partial charge in [-0.2, -0.15) is 0 Å². The molecule has 0 saturated carbocycles. The molecule has 2 aromatic carbocycles. The molecule has 0 aromatic heterocycles. The fourth-order valence-corrected chi connectivity index (χ4v) is 3.70. The predicted molar refractivity (Wildman–Crippen MR) is 78.6 cm³/mol. The van der Waals surface area contributed by atoms with Crippen molar-refractivity contribution in [2.45, 2.75) is 11.5 Å². The van der Waals surface area contributed by atoms with E-state index in [2.05, 4.69) is 0 Å². The Morgan fingerprint density at radius 2 is 1.80 bits per heavy atom. The van der Waals surface area contributed by atoms with E-state index in [4.69, 9.17) is 17.3 Å². The molecule has 0 spiro atoms. The van der Waals surface area contributed by atoms with Crippen LogP contribution in [0, 0.1) is 5.82 Å². The van der Waals surface area contributed by atoms with Crippen LogP contribution in [0.2, 0.25) is 5.02 Å². The molecular formula is C14H13ClFNO2S. The van der Waals surface area contributed by atoms with Crippen molar-refractivity contribution in [2.24, 2.45) is 0 Å². The van der Waals surface area contributed by atoms with Crippen LogP contribution in [0.15, 0.2) is 42.5 Å². The number of benzene rings is 2. The summed E-state index contributed by atoms with van der Waals surface area (Å²) in [5.74, 6) is -1.02. The first kappa shape index (κ1) is 14.8. The molecule has 2 N–H and O–H groups in total. The first-order valence-corrected chi connectivity index (χ1v) is 8.04. The lowest BCUT2D eigenvalue weighted by atomic mass is 10.2. The minimum Gasteiger partial charge on any atom is -0.399 e. The van der Waals surface area contributed by atoms with E-state index in [9.17, 15) is 12.8 Å². The minimum atomic E-state index is -3.45. The average Bonchev–Trinajstić information content (AvgIpc) is 2.29. The highest BCUT2D eigenvalue weighted by molar-refractivity contribution is 7.89. The maximum atomic E-state index is 13.2. The molecular weight excluding hydrogens is 301 g/mol. The van der Waals surface area contributed by atoms with E-state index in [0.29, 0.717) is 16.1 Å². The molecule has 0 aliphatic rings. The summed E-state index contributed by atoms with van der Waals surface area (Å²) in [7, 11) is -3.45. The highest BCUT2D eigenvalue weighted by Crippen LogP contribution is 2.21. The minimum absolute atomic E-state index is 0.191. The maximum Gasteiger partial charge on any atom is 0.158 e. The van der Waals surface area contributed by atoms with Crippen LogP contribution in [0.1, 0.15) is 11.1 Å². The topological polar surface area (TPSA) is 60.2 Å². The third kappa shape index (κ3) is 3.95. The van der Waals surface area contributed by atoms with Gasteiger partial charge in [-0.1, -0.05) is 29.8 Å². The molecule has 0 aliphatic heterocycles. The summed E-state index contributed by atoms with van der Waals surface area (Å²) in [5, 5.41) is 0.398. The lowest BCUT2D eigenvalue weighted by molar-refractivity contribution is 0.594. The highest BCUT2D eigenvalue weighted by Gasteiger charge is 2.15. The normalized spacial score (nSPS) is 11.5. The Bertz CT molecular complexity index is 711. The lowest BCUT2D eigenvalue weighted by Gasteiger charge is -2.07. The molecule has 106 valence electrons. The third-order valence-electron chi connectivity index (χ3n) is 2.70. The number of hydrogen-bond donors (Lipinski definition) is 1. The van der Waals surface area contributed by atoms with Crippen LogP contribution in [0.4, 0.5) is 10.1 Å². The van der Waals surface area contributed by atoms with Crippen LogP contribution in [-0.2, 0) is 21.3 Å². The van der Waals surface area contributed by atoms with Gasteiger partial charge >= 0.3 is 0 Å². The first-order valence-electron chi connectivity index (χ1n) is 5.84. The molecule has 0 saturated heterocycles. The Labute approximate surface area is 122 Å². The number of rotatable bonds is 4. The summed E-state index contributed by atoms with van der Waals surface area (Å²) < 4.78 is 37.4. The first-order chi connectivity index (χ1) is 9.35. The van der Waals surface area contributed by atoms with E-state index in [-0.39, 0.29) is 17.2 Å². The van der Waals surface area contributed by atoms with Crippen LogP contribution in [0.5, 0.6) is 0 Å². The highest BCUT2D eigenvalue weighted by atomic mass is 35.5. The van der Waals surface area contributed by atoms with Crippen LogP contribution >= 0.6 is 11.6 Å². The van der Waals surface area contributed by atoms with E-state index < -0.39 is 15.7 Å². The fourth-order valence-electron chi connectivity index (χ4n) is 1.92. The Morgan fingerprint density at radius 3 is 2.45 bits per heavy atom. The van der Waals surface area contributed by atoms with Gasteiger partial charge in [-0.15, -0.1) is 0 Å². The van der Waals surface area contributed by atoms with Gasteiger partial charge in [-0.05, 0) is 35.4 Å². The second-order valence-corrected chi connectivity index (χ2v) is 6.99. The zero-order valence-electron chi connectivity index (χ0n) is 10.5. The molecule has 2 aromatic rings. The molecule has 3 nitrogen and oxygen atoms in total. The van der Waals surface area contributed by atoms with Gasteiger partial charge in [0.25, 0.3) is 0 Å². The molecule has 0 radical (unpaired) electrons. The van der Waals surface area contributed by atoms with E-state index >= 15 is 0 Å². The standard InChI is InChI=1S/C14H13ClFNO2S/c15-14-4-2-1-3-11(14)9-20(18,19)8-10-5-12(16)7-13(17)6-10/h1-7H,8-9,17H2. The van der Waals surface area contributed by atoms with E-state index in [1.54, 1.807) is 24.3 Å². The molecule has 20 heavy (non-hydrogen) atoms. The van der Waals surface area contributed by atoms with Gasteiger partial charge in [0.05, 0.1) is 11.5 Å². The van der Waals surface area contributed by atoms with Gasteiger partial charge in [0, 0.05) is 10.7 Å². The van der Waals surface area contributed by atoms with Crippen LogP contribution in [-0.4, -0.2) is 8.42 Å².